The van der Waals surface area contributed by atoms with Gasteiger partial charge in [0.05, 0.1) is 0 Å². The molecule has 0 radical (unpaired) electrons. The van der Waals surface area contributed by atoms with Gasteiger partial charge in [-0.2, -0.15) is 0 Å². The molecule has 122 valence electrons. The van der Waals surface area contributed by atoms with Crippen LogP contribution in [0, 0.1) is 6.92 Å². The van der Waals surface area contributed by atoms with Crippen molar-refractivity contribution >= 4 is 17.3 Å². The Bertz CT molecular complexity index is 813. The zero-order valence-electron chi connectivity index (χ0n) is 14.2. The summed E-state index contributed by atoms with van der Waals surface area (Å²) in [6.45, 7) is 6.27. The summed E-state index contributed by atoms with van der Waals surface area (Å²) in [4.78, 5) is 9.39. The minimum absolute atomic E-state index is 0.300. The van der Waals surface area contributed by atoms with E-state index in [9.17, 15) is 0 Å². The SMILES string of the molecule is Cc1ccccc1-c1nc(Nc2ccccc2)cc(NC(C)C)n1. The molecule has 0 amide bonds. The molecular formula is C20H22N4. The van der Waals surface area contributed by atoms with Crippen molar-refractivity contribution in [1.82, 2.24) is 9.97 Å². The van der Waals surface area contributed by atoms with E-state index < -0.39 is 0 Å². The average Bonchev–Trinajstić information content (AvgIpc) is 2.55. The lowest BCUT2D eigenvalue weighted by Gasteiger charge is -2.14. The number of anilines is 3. The molecule has 3 rings (SSSR count). The monoisotopic (exact) mass is 318 g/mol. The van der Waals surface area contributed by atoms with Gasteiger partial charge in [-0.05, 0) is 38.5 Å². The minimum Gasteiger partial charge on any atom is -0.368 e. The zero-order valence-corrected chi connectivity index (χ0v) is 14.2. The van der Waals surface area contributed by atoms with Crippen LogP contribution in [0.1, 0.15) is 19.4 Å². The van der Waals surface area contributed by atoms with Crippen LogP contribution in [0.25, 0.3) is 11.4 Å². The lowest BCUT2D eigenvalue weighted by Crippen LogP contribution is -2.12. The van der Waals surface area contributed by atoms with Crippen molar-refractivity contribution in [3.63, 3.8) is 0 Å². The van der Waals surface area contributed by atoms with Gasteiger partial charge in [0, 0.05) is 23.4 Å². The highest BCUT2D eigenvalue weighted by atomic mass is 15.1. The van der Waals surface area contributed by atoms with Crippen LogP contribution in [0.2, 0.25) is 0 Å². The number of benzene rings is 2. The van der Waals surface area contributed by atoms with Crippen LogP contribution in [-0.2, 0) is 0 Å². The van der Waals surface area contributed by atoms with Crippen molar-refractivity contribution < 1.29 is 0 Å². The molecule has 4 heteroatoms. The maximum Gasteiger partial charge on any atom is 0.164 e. The maximum atomic E-state index is 4.70. The highest BCUT2D eigenvalue weighted by Gasteiger charge is 2.10. The number of hydrogen-bond donors (Lipinski definition) is 2. The van der Waals surface area contributed by atoms with E-state index >= 15 is 0 Å². The molecule has 2 aromatic carbocycles. The Balaban J connectivity index is 2.02. The first-order valence-electron chi connectivity index (χ1n) is 8.15. The number of rotatable bonds is 5. The first-order chi connectivity index (χ1) is 11.6. The third-order valence-corrected chi connectivity index (χ3v) is 3.59. The van der Waals surface area contributed by atoms with E-state index in [0.29, 0.717) is 6.04 Å². The van der Waals surface area contributed by atoms with Gasteiger partial charge >= 0.3 is 0 Å². The van der Waals surface area contributed by atoms with Crippen LogP contribution in [0.3, 0.4) is 0 Å². The van der Waals surface area contributed by atoms with Crippen LogP contribution < -0.4 is 10.6 Å². The van der Waals surface area contributed by atoms with Crippen molar-refractivity contribution in [2.24, 2.45) is 0 Å². The minimum atomic E-state index is 0.300. The molecule has 0 bridgehead atoms. The molecule has 0 aliphatic rings. The Morgan fingerprint density at radius 3 is 2.21 bits per heavy atom. The fraction of sp³-hybridized carbons (Fsp3) is 0.200. The van der Waals surface area contributed by atoms with E-state index in [1.54, 1.807) is 0 Å². The quantitative estimate of drug-likeness (QED) is 0.694. The second-order valence-corrected chi connectivity index (χ2v) is 6.07. The number of aryl methyl sites for hydroxylation is 1. The topological polar surface area (TPSA) is 49.8 Å². The lowest BCUT2D eigenvalue weighted by atomic mass is 10.1. The van der Waals surface area contributed by atoms with Gasteiger partial charge in [-0.25, -0.2) is 9.97 Å². The first-order valence-corrected chi connectivity index (χ1v) is 8.15. The predicted molar refractivity (Wildman–Crippen MR) is 101 cm³/mol. The van der Waals surface area contributed by atoms with E-state index in [1.165, 1.54) is 0 Å². The molecule has 1 heterocycles. The molecule has 3 aromatic rings. The average molecular weight is 318 g/mol. The molecule has 0 aliphatic carbocycles. The van der Waals surface area contributed by atoms with Gasteiger partial charge in [0.15, 0.2) is 5.82 Å². The van der Waals surface area contributed by atoms with Crippen molar-refractivity contribution in [2.75, 3.05) is 10.6 Å². The number of aromatic nitrogens is 2. The molecule has 24 heavy (non-hydrogen) atoms. The fourth-order valence-electron chi connectivity index (χ4n) is 2.49. The summed E-state index contributed by atoms with van der Waals surface area (Å²) in [5.74, 6) is 2.31. The zero-order chi connectivity index (χ0) is 16.9. The molecule has 0 saturated carbocycles. The van der Waals surface area contributed by atoms with Crippen LogP contribution in [0.5, 0.6) is 0 Å². The third kappa shape index (κ3) is 3.90. The van der Waals surface area contributed by atoms with E-state index in [-0.39, 0.29) is 0 Å². The maximum absolute atomic E-state index is 4.70. The summed E-state index contributed by atoms with van der Waals surface area (Å²) in [5, 5.41) is 6.73. The molecule has 0 atom stereocenters. The Labute approximate surface area is 143 Å². The summed E-state index contributed by atoms with van der Waals surface area (Å²) in [5.41, 5.74) is 3.20. The molecule has 0 unspecified atom stereocenters. The van der Waals surface area contributed by atoms with Gasteiger partial charge in [-0.3, -0.25) is 0 Å². The number of nitrogens with one attached hydrogen (secondary N) is 2. The van der Waals surface area contributed by atoms with E-state index in [0.717, 1.165) is 34.3 Å². The van der Waals surface area contributed by atoms with Gasteiger partial charge in [0.1, 0.15) is 11.6 Å². The highest BCUT2D eigenvalue weighted by molar-refractivity contribution is 5.67. The largest absolute Gasteiger partial charge is 0.368 e. The van der Waals surface area contributed by atoms with Crippen molar-refractivity contribution in [1.29, 1.82) is 0 Å². The van der Waals surface area contributed by atoms with Gasteiger partial charge in [-0.15, -0.1) is 0 Å². The molecule has 1 aromatic heterocycles. The number of hydrogen-bond acceptors (Lipinski definition) is 4. The smallest absolute Gasteiger partial charge is 0.164 e. The molecule has 4 nitrogen and oxygen atoms in total. The van der Waals surface area contributed by atoms with Gasteiger partial charge in [0.2, 0.25) is 0 Å². The lowest BCUT2D eigenvalue weighted by molar-refractivity contribution is 0.887. The van der Waals surface area contributed by atoms with E-state index in [1.807, 2.05) is 48.5 Å². The fourth-order valence-corrected chi connectivity index (χ4v) is 2.49. The van der Waals surface area contributed by atoms with Crippen LogP contribution >= 0.6 is 0 Å². The van der Waals surface area contributed by atoms with Crippen molar-refractivity contribution in [3.8, 4) is 11.4 Å². The van der Waals surface area contributed by atoms with Gasteiger partial charge in [0.25, 0.3) is 0 Å². The standard InChI is InChI=1S/C20H22N4/c1-14(2)21-18-13-19(22-16-10-5-4-6-11-16)24-20(23-18)17-12-8-7-9-15(17)3/h4-14H,1-3H3,(H2,21,22,23,24). The third-order valence-electron chi connectivity index (χ3n) is 3.59. The summed E-state index contributed by atoms with van der Waals surface area (Å²) in [6, 6.07) is 20.4. The number of nitrogens with zero attached hydrogens (tertiary/aromatic N) is 2. The number of para-hydroxylation sites is 1. The van der Waals surface area contributed by atoms with Crippen molar-refractivity contribution in [2.45, 2.75) is 26.8 Å². The second kappa shape index (κ2) is 7.13. The van der Waals surface area contributed by atoms with Crippen LogP contribution in [0.15, 0.2) is 60.7 Å². The molecule has 2 N–H and O–H groups in total. The Kier molecular flexibility index (Phi) is 4.75. The summed E-state index contributed by atoms with van der Waals surface area (Å²) >= 11 is 0. The van der Waals surface area contributed by atoms with E-state index in [2.05, 4.69) is 48.5 Å². The molecular weight excluding hydrogens is 296 g/mol. The molecule has 0 saturated heterocycles. The second-order valence-electron chi connectivity index (χ2n) is 6.07. The van der Waals surface area contributed by atoms with Crippen LogP contribution in [0.4, 0.5) is 17.3 Å². The normalized spacial score (nSPS) is 10.7. The molecule has 0 fully saturated rings. The first kappa shape index (κ1) is 16.0. The summed E-state index contributed by atoms with van der Waals surface area (Å²) < 4.78 is 0. The summed E-state index contributed by atoms with van der Waals surface area (Å²) in [6.07, 6.45) is 0. The summed E-state index contributed by atoms with van der Waals surface area (Å²) in [7, 11) is 0. The van der Waals surface area contributed by atoms with Gasteiger partial charge < -0.3 is 10.6 Å². The van der Waals surface area contributed by atoms with E-state index in [4.69, 9.17) is 4.98 Å². The van der Waals surface area contributed by atoms with Crippen LogP contribution in [-0.4, -0.2) is 16.0 Å². The Hall–Kier alpha value is -2.88. The van der Waals surface area contributed by atoms with Crippen molar-refractivity contribution in [3.05, 3.63) is 66.2 Å². The highest BCUT2D eigenvalue weighted by Crippen LogP contribution is 2.25. The Morgan fingerprint density at radius 1 is 0.833 bits per heavy atom. The Morgan fingerprint density at radius 2 is 1.50 bits per heavy atom. The molecule has 0 spiro atoms. The predicted octanol–water partition coefficient (Wildman–Crippen LogP) is 5.02. The molecule has 0 aliphatic heterocycles. The van der Waals surface area contributed by atoms with Gasteiger partial charge in [-0.1, -0.05) is 42.5 Å².